The second-order valence-corrected chi connectivity index (χ2v) is 6.50. The smallest absolute Gasteiger partial charge is 0.257 e. The number of aryl methyl sites for hydroxylation is 1. The van der Waals surface area contributed by atoms with Crippen molar-refractivity contribution < 1.29 is 9.53 Å². The van der Waals surface area contributed by atoms with Crippen LogP contribution in [-0.4, -0.2) is 24.2 Å². The predicted molar refractivity (Wildman–Crippen MR) is 106 cm³/mol. The molecule has 0 aliphatic heterocycles. The highest BCUT2D eigenvalue weighted by molar-refractivity contribution is 7.80. The third-order valence-corrected chi connectivity index (χ3v) is 4.23. The van der Waals surface area contributed by atoms with Crippen molar-refractivity contribution in [2.75, 3.05) is 13.2 Å². The number of ether oxygens (including phenoxy) is 1. The Kier molecular flexibility index (Phi) is 7.50. The fourth-order valence-electron chi connectivity index (χ4n) is 2.11. The average molecular weight is 397 g/mol. The molecule has 0 spiro atoms. The van der Waals surface area contributed by atoms with Crippen LogP contribution in [0.5, 0.6) is 5.75 Å². The van der Waals surface area contributed by atoms with Crippen molar-refractivity contribution >= 4 is 46.4 Å². The molecule has 1 amide bonds. The second kappa shape index (κ2) is 9.61. The summed E-state index contributed by atoms with van der Waals surface area (Å²) < 4.78 is 5.58. The Bertz CT molecular complexity index is 748. The molecule has 2 N–H and O–H groups in total. The average Bonchev–Trinajstić information content (AvgIpc) is 2.57. The molecule has 0 aromatic heterocycles. The zero-order valence-corrected chi connectivity index (χ0v) is 16.0. The highest BCUT2D eigenvalue weighted by Gasteiger charge is 2.10. The number of halogens is 2. The monoisotopic (exact) mass is 396 g/mol. The zero-order valence-electron chi connectivity index (χ0n) is 13.6. The van der Waals surface area contributed by atoms with Gasteiger partial charge in [0.1, 0.15) is 0 Å². The quantitative estimate of drug-likeness (QED) is 0.561. The van der Waals surface area contributed by atoms with Crippen molar-refractivity contribution in [2.45, 2.75) is 13.3 Å². The van der Waals surface area contributed by atoms with Gasteiger partial charge in [-0.2, -0.15) is 0 Å². The van der Waals surface area contributed by atoms with E-state index in [-0.39, 0.29) is 11.0 Å². The maximum Gasteiger partial charge on any atom is 0.257 e. The van der Waals surface area contributed by atoms with Gasteiger partial charge in [0.05, 0.1) is 16.7 Å². The normalized spacial score (nSPS) is 10.2. The molecule has 0 unspecified atom stereocenters. The van der Waals surface area contributed by atoms with Crippen LogP contribution < -0.4 is 15.4 Å². The number of para-hydroxylation sites is 1. The molecule has 25 heavy (non-hydrogen) atoms. The summed E-state index contributed by atoms with van der Waals surface area (Å²) in [7, 11) is 0. The topological polar surface area (TPSA) is 50.4 Å². The predicted octanol–water partition coefficient (Wildman–Crippen LogP) is 4.38. The van der Waals surface area contributed by atoms with Crippen LogP contribution in [0.4, 0.5) is 0 Å². The molecule has 2 aromatic rings. The third kappa shape index (κ3) is 5.88. The lowest BCUT2D eigenvalue weighted by molar-refractivity contribution is 0.0976. The van der Waals surface area contributed by atoms with E-state index in [2.05, 4.69) is 10.6 Å². The first-order chi connectivity index (χ1) is 12.0. The minimum Gasteiger partial charge on any atom is -0.490 e. The van der Waals surface area contributed by atoms with Crippen LogP contribution >= 0.6 is 35.4 Å². The number of rotatable bonds is 6. The summed E-state index contributed by atoms with van der Waals surface area (Å²) in [5.74, 6) is 0.246. The van der Waals surface area contributed by atoms with Gasteiger partial charge in [0.25, 0.3) is 5.91 Å². The number of benzene rings is 2. The van der Waals surface area contributed by atoms with Crippen LogP contribution in [-0.2, 0) is 0 Å². The Morgan fingerprint density at radius 3 is 2.48 bits per heavy atom. The lowest BCUT2D eigenvalue weighted by Crippen LogP contribution is -2.40. The lowest BCUT2D eigenvalue weighted by atomic mass is 10.1. The van der Waals surface area contributed by atoms with Crippen LogP contribution in [0.25, 0.3) is 0 Å². The summed E-state index contributed by atoms with van der Waals surface area (Å²) in [5, 5.41) is 6.86. The van der Waals surface area contributed by atoms with Crippen LogP contribution in [0.15, 0.2) is 42.5 Å². The molecule has 2 rings (SSSR count). The Morgan fingerprint density at radius 1 is 1.12 bits per heavy atom. The van der Waals surface area contributed by atoms with E-state index in [0.29, 0.717) is 40.9 Å². The number of amides is 1. The van der Waals surface area contributed by atoms with Gasteiger partial charge in [-0.25, -0.2) is 0 Å². The molecular weight excluding hydrogens is 379 g/mol. The van der Waals surface area contributed by atoms with Gasteiger partial charge >= 0.3 is 0 Å². The molecule has 7 heteroatoms. The Hall–Kier alpha value is -1.82. The summed E-state index contributed by atoms with van der Waals surface area (Å²) in [6.07, 6.45) is 0.669. The Labute approximate surface area is 162 Å². The van der Waals surface area contributed by atoms with Gasteiger partial charge in [-0.15, -0.1) is 0 Å². The van der Waals surface area contributed by atoms with Crippen LogP contribution in [0.3, 0.4) is 0 Å². The van der Waals surface area contributed by atoms with E-state index in [1.165, 1.54) is 0 Å². The van der Waals surface area contributed by atoms with E-state index < -0.39 is 0 Å². The molecule has 0 saturated carbocycles. The van der Waals surface area contributed by atoms with E-state index in [9.17, 15) is 4.79 Å². The first kappa shape index (κ1) is 19.5. The summed E-state index contributed by atoms with van der Waals surface area (Å²) in [5.41, 5.74) is 1.50. The summed E-state index contributed by atoms with van der Waals surface area (Å²) in [6, 6.07) is 12.5. The molecular formula is C18H18Cl2N2O2S. The molecule has 0 aliphatic carbocycles. The van der Waals surface area contributed by atoms with E-state index >= 15 is 0 Å². The Balaban J connectivity index is 1.71. The standard InChI is InChI=1S/C18H18Cl2N2O2S/c1-12-6-2-3-7-13(12)17(23)22-18(25)21-10-5-11-24-16-14(19)8-4-9-15(16)20/h2-4,6-9H,5,10-11H2,1H3,(H2,21,22,23,25). The van der Waals surface area contributed by atoms with Gasteiger partial charge in [-0.05, 0) is 49.3 Å². The summed E-state index contributed by atoms with van der Waals surface area (Å²) >= 11 is 17.2. The number of carbonyl (C=O) groups excluding carboxylic acids is 1. The molecule has 0 heterocycles. The van der Waals surface area contributed by atoms with Crippen molar-refractivity contribution in [3.05, 3.63) is 63.6 Å². The molecule has 0 fully saturated rings. The highest BCUT2D eigenvalue weighted by atomic mass is 35.5. The van der Waals surface area contributed by atoms with Crippen LogP contribution in [0.2, 0.25) is 10.0 Å². The van der Waals surface area contributed by atoms with Gasteiger partial charge in [0.2, 0.25) is 0 Å². The second-order valence-electron chi connectivity index (χ2n) is 5.28. The van der Waals surface area contributed by atoms with E-state index in [1.54, 1.807) is 24.3 Å². The Morgan fingerprint density at radius 2 is 1.80 bits per heavy atom. The number of hydrogen-bond acceptors (Lipinski definition) is 3. The number of hydrogen-bond donors (Lipinski definition) is 2. The maximum atomic E-state index is 12.1. The first-order valence-electron chi connectivity index (χ1n) is 7.70. The van der Waals surface area contributed by atoms with Gasteiger partial charge in [-0.3, -0.25) is 10.1 Å². The van der Waals surface area contributed by atoms with Crippen molar-refractivity contribution in [1.29, 1.82) is 0 Å². The van der Waals surface area contributed by atoms with E-state index in [4.69, 9.17) is 40.2 Å². The van der Waals surface area contributed by atoms with Gasteiger partial charge < -0.3 is 10.1 Å². The molecule has 0 saturated heterocycles. The minimum absolute atomic E-state index is 0.227. The molecule has 132 valence electrons. The van der Waals surface area contributed by atoms with Crippen molar-refractivity contribution in [1.82, 2.24) is 10.6 Å². The number of thiocarbonyl (C=S) groups is 1. The zero-order chi connectivity index (χ0) is 18.2. The molecule has 2 aromatic carbocycles. The number of carbonyl (C=O) groups is 1. The fourth-order valence-corrected chi connectivity index (χ4v) is 2.81. The van der Waals surface area contributed by atoms with Gasteiger partial charge in [0, 0.05) is 12.1 Å². The van der Waals surface area contributed by atoms with Crippen LogP contribution in [0.1, 0.15) is 22.3 Å². The molecule has 0 bridgehead atoms. The summed E-state index contributed by atoms with van der Waals surface area (Å²) in [6.45, 7) is 2.85. The molecule has 0 atom stereocenters. The van der Waals surface area contributed by atoms with Crippen molar-refractivity contribution in [3.8, 4) is 5.75 Å². The van der Waals surface area contributed by atoms with Crippen molar-refractivity contribution in [2.24, 2.45) is 0 Å². The van der Waals surface area contributed by atoms with Crippen molar-refractivity contribution in [3.63, 3.8) is 0 Å². The van der Waals surface area contributed by atoms with Gasteiger partial charge in [-0.1, -0.05) is 47.5 Å². The first-order valence-corrected chi connectivity index (χ1v) is 8.87. The van der Waals surface area contributed by atoms with Crippen LogP contribution in [0, 0.1) is 6.92 Å². The largest absolute Gasteiger partial charge is 0.490 e. The lowest BCUT2D eigenvalue weighted by Gasteiger charge is -2.12. The van der Waals surface area contributed by atoms with E-state index in [1.807, 2.05) is 25.1 Å². The SMILES string of the molecule is Cc1ccccc1C(=O)NC(=S)NCCCOc1c(Cl)cccc1Cl. The maximum absolute atomic E-state index is 12.1. The summed E-state index contributed by atoms with van der Waals surface area (Å²) in [4.78, 5) is 12.1. The highest BCUT2D eigenvalue weighted by Crippen LogP contribution is 2.32. The molecule has 0 radical (unpaired) electrons. The minimum atomic E-state index is -0.227. The number of nitrogens with one attached hydrogen (secondary N) is 2. The fraction of sp³-hybridized carbons (Fsp3) is 0.222. The third-order valence-electron chi connectivity index (χ3n) is 3.39. The molecule has 4 nitrogen and oxygen atoms in total. The molecule has 0 aliphatic rings. The van der Waals surface area contributed by atoms with Gasteiger partial charge in [0.15, 0.2) is 10.9 Å². The van der Waals surface area contributed by atoms with E-state index in [0.717, 1.165) is 5.56 Å².